The number of esters is 1. The van der Waals surface area contributed by atoms with Crippen LogP contribution < -0.4 is 4.72 Å². The van der Waals surface area contributed by atoms with Crippen LogP contribution in [0.25, 0.3) is 0 Å². The standard InChI is InChI=1S/C16H12F3NO5S/c1-20-26(23,24)10-3-5-12(17)11(7-10)16(22)25-8-15(21)9-2-4-13(18)14(19)6-9/h2-7,20H,8H2,1H3. The van der Waals surface area contributed by atoms with Crippen LogP contribution in [-0.2, 0) is 14.8 Å². The predicted octanol–water partition coefficient (Wildman–Crippen LogP) is 2.05. The van der Waals surface area contributed by atoms with Gasteiger partial charge in [-0.25, -0.2) is 31.1 Å². The molecule has 0 aromatic heterocycles. The number of hydrogen-bond acceptors (Lipinski definition) is 5. The van der Waals surface area contributed by atoms with E-state index in [1.54, 1.807) is 0 Å². The molecule has 0 saturated carbocycles. The minimum atomic E-state index is -3.92. The van der Waals surface area contributed by atoms with Crippen molar-refractivity contribution in [2.24, 2.45) is 0 Å². The van der Waals surface area contributed by atoms with Crippen molar-refractivity contribution in [2.75, 3.05) is 13.7 Å². The number of Topliss-reactive ketones (excluding diaryl/α,β-unsaturated/α-hetero) is 1. The Balaban J connectivity index is 2.16. The lowest BCUT2D eigenvalue weighted by molar-refractivity contribution is 0.0469. The fourth-order valence-corrected chi connectivity index (χ4v) is 2.66. The van der Waals surface area contributed by atoms with E-state index in [1.165, 1.54) is 0 Å². The predicted molar refractivity (Wildman–Crippen MR) is 83.6 cm³/mol. The van der Waals surface area contributed by atoms with Crippen molar-refractivity contribution in [3.63, 3.8) is 0 Å². The number of benzene rings is 2. The highest BCUT2D eigenvalue weighted by Gasteiger charge is 2.20. The van der Waals surface area contributed by atoms with Gasteiger partial charge in [-0.1, -0.05) is 0 Å². The molecule has 0 radical (unpaired) electrons. The average Bonchev–Trinajstić information content (AvgIpc) is 2.61. The van der Waals surface area contributed by atoms with Crippen LogP contribution in [0, 0.1) is 17.5 Å². The van der Waals surface area contributed by atoms with Gasteiger partial charge in [-0.05, 0) is 43.4 Å². The monoisotopic (exact) mass is 387 g/mol. The molecule has 2 rings (SSSR count). The van der Waals surface area contributed by atoms with Crippen molar-refractivity contribution >= 4 is 21.8 Å². The molecule has 0 heterocycles. The van der Waals surface area contributed by atoms with Crippen molar-refractivity contribution in [1.29, 1.82) is 0 Å². The van der Waals surface area contributed by atoms with Crippen LogP contribution in [0.1, 0.15) is 20.7 Å². The maximum Gasteiger partial charge on any atom is 0.341 e. The number of rotatable bonds is 6. The zero-order valence-electron chi connectivity index (χ0n) is 13.3. The Hall–Kier alpha value is -2.72. The summed E-state index contributed by atoms with van der Waals surface area (Å²) >= 11 is 0. The van der Waals surface area contributed by atoms with Gasteiger partial charge in [0.2, 0.25) is 10.0 Å². The minimum Gasteiger partial charge on any atom is -0.454 e. The number of carbonyl (C=O) groups is 2. The van der Waals surface area contributed by atoms with Gasteiger partial charge < -0.3 is 4.74 Å². The topological polar surface area (TPSA) is 89.5 Å². The Labute approximate surface area is 146 Å². The van der Waals surface area contributed by atoms with Gasteiger partial charge in [0.25, 0.3) is 0 Å². The first-order valence-electron chi connectivity index (χ1n) is 7.04. The Bertz CT molecular complexity index is 976. The summed E-state index contributed by atoms with van der Waals surface area (Å²) in [6, 6.07) is 4.82. The highest BCUT2D eigenvalue weighted by molar-refractivity contribution is 7.89. The summed E-state index contributed by atoms with van der Waals surface area (Å²) in [7, 11) is -2.79. The van der Waals surface area contributed by atoms with E-state index in [1.807, 2.05) is 4.72 Å². The van der Waals surface area contributed by atoms with Gasteiger partial charge in [-0.15, -0.1) is 0 Å². The molecule has 0 atom stereocenters. The molecule has 0 spiro atoms. The number of hydrogen-bond donors (Lipinski definition) is 1. The SMILES string of the molecule is CNS(=O)(=O)c1ccc(F)c(C(=O)OCC(=O)c2ccc(F)c(F)c2)c1. The molecule has 0 amide bonds. The number of ketones is 1. The first kappa shape index (κ1) is 19.6. The number of nitrogens with one attached hydrogen (secondary N) is 1. The third-order valence-corrected chi connectivity index (χ3v) is 4.72. The van der Waals surface area contributed by atoms with E-state index < -0.39 is 51.4 Å². The summed E-state index contributed by atoms with van der Waals surface area (Å²) in [6.07, 6.45) is 0. The third-order valence-electron chi connectivity index (χ3n) is 3.31. The van der Waals surface area contributed by atoms with Crippen LogP contribution in [0.3, 0.4) is 0 Å². The zero-order valence-corrected chi connectivity index (χ0v) is 14.1. The number of halogens is 3. The molecule has 0 aliphatic carbocycles. The van der Waals surface area contributed by atoms with E-state index in [0.29, 0.717) is 6.07 Å². The van der Waals surface area contributed by atoms with Crippen molar-refractivity contribution in [3.05, 3.63) is 65.0 Å². The lowest BCUT2D eigenvalue weighted by Gasteiger charge is -2.08. The Morgan fingerprint density at radius 3 is 2.27 bits per heavy atom. The molecule has 0 fully saturated rings. The highest BCUT2D eigenvalue weighted by Crippen LogP contribution is 2.16. The van der Waals surface area contributed by atoms with Gasteiger partial charge >= 0.3 is 5.97 Å². The quantitative estimate of drug-likeness (QED) is 0.605. The highest BCUT2D eigenvalue weighted by atomic mass is 32.2. The smallest absolute Gasteiger partial charge is 0.341 e. The third kappa shape index (κ3) is 4.27. The summed E-state index contributed by atoms with van der Waals surface area (Å²) in [5.41, 5.74) is -0.942. The average molecular weight is 387 g/mol. The van der Waals surface area contributed by atoms with Crippen molar-refractivity contribution < 1.29 is 35.9 Å². The molecule has 0 aliphatic rings. The lowest BCUT2D eigenvalue weighted by Crippen LogP contribution is -2.20. The fraction of sp³-hybridized carbons (Fsp3) is 0.125. The zero-order chi connectivity index (χ0) is 19.5. The van der Waals surface area contributed by atoms with Crippen LogP contribution in [0.5, 0.6) is 0 Å². The van der Waals surface area contributed by atoms with Crippen molar-refractivity contribution in [3.8, 4) is 0 Å². The molecule has 2 aromatic rings. The molecule has 0 bridgehead atoms. The molecule has 138 valence electrons. The van der Waals surface area contributed by atoms with E-state index >= 15 is 0 Å². The summed E-state index contributed by atoms with van der Waals surface area (Å²) in [5, 5.41) is 0. The van der Waals surface area contributed by atoms with Gasteiger partial charge in [0.1, 0.15) is 5.82 Å². The molecule has 0 aliphatic heterocycles. The number of sulfonamides is 1. The normalized spacial score (nSPS) is 11.2. The van der Waals surface area contributed by atoms with Gasteiger partial charge in [0, 0.05) is 5.56 Å². The first-order chi connectivity index (χ1) is 12.2. The largest absolute Gasteiger partial charge is 0.454 e. The van der Waals surface area contributed by atoms with Crippen LogP contribution in [-0.4, -0.2) is 33.8 Å². The van der Waals surface area contributed by atoms with Gasteiger partial charge in [-0.2, -0.15) is 0 Å². The molecule has 1 N–H and O–H groups in total. The number of carbonyl (C=O) groups excluding carboxylic acids is 2. The minimum absolute atomic E-state index is 0.247. The van der Waals surface area contributed by atoms with Crippen LogP contribution in [0.4, 0.5) is 13.2 Å². The summed E-state index contributed by atoms with van der Waals surface area (Å²) in [5.74, 6) is -5.59. The van der Waals surface area contributed by atoms with E-state index in [2.05, 4.69) is 4.74 Å². The number of ether oxygens (including phenoxy) is 1. The van der Waals surface area contributed by atoms with E-state index in [4.69, 9.17) is 0 Å². The molecular formula is C16H12F3NO5S. The van der Waals surface area contributed by atoms with Crippen LogP contribution >= 0.6 is 0 Å². The first-order valence-corrected chi connectivity index (χ1v) is 8.52. The van der Waals surface area contributed by atoms with Crippen molar-refractivity contribution in [1.82, 2.24) is 4.72 Å². The van der Waals surface area contributed by atoms with Crippen LogP contribution in [0.2, 0.25) is 0 Å². The van der Waals surface area contributed by atoms with Crippen LogP contribution in [0.15, 0.2) is 41.3 Å². The maximum atomic E-state index is 13.8. The second-order valence-electron chi connectivity index (χ2n) is 4.98. The van der Waals surface area contributed by atoms with E-state index in [0.717, 1.165) is 37.4 Å². The second-order valence-corrected chi connectivity index (χ2v) is 6.86. The molecule has 2 aromatic carbocycles. The summed E-state index contributed by atoms with van der Waals surface area (Å²) in [6.45, 7) is -0.869. The molecule has 0 unspecified atom stereocenters. The molecule has 26 heavy (non-hydrogen) atoms. The maximum absolute atomic E-state index is 13.8. The summed E-state index contributed by atoms with van der Waals surface area (Å²) < 4.78 is 69.7. The van der Waals surface area contributed by atoms with Gasteiger partial charge in [0.15, 0.2) is 24.0 Å². The van der Waals surface area contributed by atoms with Gasteiger partial charge in [0.05, 0.1) is 10.5 Å². The molecule has 0 saturated heterocycles. The molecule has 10 heteroatoms. The lowest BCUT2D eigenvalue weighted by atomic mass is 10.1. The van der Waals surface area contributed by atoms with E-state index in [-0.39, 0.29) is 10.5 Å². The molecule has 6 nitrogen and oxygen atoms in total. The Morgan fingerprint density at radius 1 is 1.00 bits per heavy atom. The van der Waals surface area contributed by atoms with E-state index in [9.17, 15) is 31.2 Å². The molecular weight excluding hydrogens is 375 g/mol. The second kappa shape index (κ2) is 7.67. The Morgan fingerprint density at radius 2 is 1.65 bits per heavy atom. The summed E-state index contributed by atoms with van der Waals surface area (Å²) in [4.78, 5) is 23.4. The Kier molecular flexibility index (Phi) is 5.78. The fourth-order valence-electron chi connectivity index (χ4n) is 1.91. The van der Waals surface area contributed by atoms with Crippen molar-refractivity contribution in [2.45, 2.75) is 4.90 Å². The van der Waals surface area contributed by atoms with Gasteiger partial charge in [-0.3, -0.25) is 4.79 Å².